The van der Waals surface area contributed by atoms with E-state index in [-0.39, 0.29) is 21.9 Å². The van der Waals surface area contributed by atoms with Crippen molar-refractivity contribution in [1.29, 1.82) is 0 Å². The predicted octanol–water partition coefficient (Wildman–Crippen LogP) is 3.90. The van der Waals surface area contributed by atoms with Crippen molar-refractivity contribution in [3.63, 3.8) is 0 Å². The second kappa shape index (κ2) is 6.01. The fraction of sp³-hybridized carbons (Fsp3) is 0.944. The van der Waals surface area contributed by atoms with Crippen molar-refractivity contribution < 1.29 is 9.90 Å². The molecule has 3 aliphatic carbocycles. The largest absolute Gasteiger partial charge is 0.372 e. The monoisotopic (exact) mass is 323 g/mol. The number of thioether (sulfide) groups is 1. The molecular formula is C18H29NO2S. The highest BCUT2D eigenvalue weighted by Gasteiger charge is 2.57. The van der Waals surface area contributed by atoms with Crippen LogP contribution in [0.4, 0.5) is 0 Å². The quantitative estimate of drug-likeness (QED) is 0.838. The summed E-state index contributed by atoms with van der Waals surface area (Å²) >= 11 is 1.99. The van der Waals surface area contributed by atoms with Gasteiger partial charge in [-0.25, -0.2) is 0 Å². The third-order valence-electron chi connectivity index (χ3n) is 6.30. The van der Waals surface area contributed by atoms with E-state index < -0.39 is 6.23 Å². The summed E-state index contributed by atoms with van der Waals surface area (Å²) in [5.41, 5.74) is 0. The number of rotatable bonds is 2. The molecule has 1 heterocycles. The van der Waals surface area contributed by atoms with Crippen molar-refractivity contribution in [2.75, 3.05) is 0 Å². The molecule has 22 heavy (non-hydrogen) atoms. The maximum Gasteiger partial charge on any atom is 0.228 e. The molecule has 4 rings (SSSR count). The van der Waals surface area contributed by atoms with E-state index in [0.29, 0.717) is 5.92 Å². The Hall–Kier alpha value is -0.220. The molecule has 1 N–H and O–H groups in total. The Labute approximate surface area is 138 Å². The van der Waals surface area contributed by atoms with Gasteiger partial charge in [0.15, 0.2) is 0 Å². The average Bonchev–Trinajstić information content (AvgIpc) is 3.37. The van der Waals surface area contributed by atoms with E-state index in [1.54, 1.807) is 0 Å². The van der Waals surface area contributed by atoms with E-state index >= 15 is 0 Å². The molecule has 0 aromatic heterocycles. The van der Waals surface area contributed by atoms with Gasteiger partial charge in [0, 0.05) is 5.92 Å². The van der Waals surface area contributed by atoms with Crippen LogP contribution in [-0.2, 0) is 4.79 Å². The summed E-state index contributed by atoms with van der Waals surface area (Å²) in [7, 11) is 0. The Bertz CT molecular complexity index is 425. The minimum absolute atomic E-state index is 0.0507. The highest BCUT2D eigenvalue weighted by atomic mass is 32.2. The van der Waals surface area contributed by atoms with E-state index in [0.717, 1.165) is 25.7 Å². The number of aliphatic hydroxyl groups excluding tert-OH is 1. The number of aliphatic hydroxyl groups is 1. The first-order valence-electron chi connectivity index (χ1n) is 9.39. The Morgan fingerprint density at radius 3 is 2.23 bits per heavy atom. The summed E-state index contributed by atoms with van der Waals surface area (Å²) in [6.07, 6.45) is 13.9. The van der Waals surface area contributed by atoms with Gasteiger partial charge < -0.3 is 10.0 Å². The van der Waals surface area contributed by atoms with Crippen molar-refractivity contribution in [3.8, 4) is 0 Å². The van der Waals surface area contributed by atoms with Crippen molar-refractivity contribution in [1.82, 2.24) is 4.90 Å². The van der Waals surface area contributed by atoms with Crippen LogP contribution in [0.2, 0.25) is 0 Å². The summed E-state index contributed by atoms with van der Waals surface area (Å²) in [5.74, 6) is 1.09. The lowest BCUT2D eigenvalue weighted by Crippen LogP contribution is -2.50. The van der Waals surface area contributed by atoms with Crippen molar-refractivity contribution in [2.45, 2.75) is 93.4 Å². The first-order valence-corrected chi connectivity index (χ1v) is 10.3. The van der Waals surface area contributed by atoms with E-state index in [1.807, 2.05) is 16.7 Å². The molecule has 1 amide bonds. The van der Waals surface area contributed by atoms with Gasteiger partial charge in [0.25, 0.3) is 0 Å². The van der Waals surface area contributed by atoms with Gasteiger partial charge in [0.05, 0.1) is 10.1 Å². The lowest BCUT2D eigenvalue weighted by molar-refractivity contribution is -0.146. The molecule has 0 bridgehead atoms. The van der Waals surface area contributed by atoms with Crippen LogP contribution in [0, 0.1) is 11.8 Å². The molecule has 3 nitrogen and oxygen atoms in total. The van der Waals surface area contributed by atoms with E-state index in [4.69, 9.17) is 0 Å². The second-order valence-electron chi connectivity index (χ2n) is 7.93. The molecule has 0 radical (unpaired) electrons. The predicted molar refractivity (Wildman–Crippen MR) is 89.3 cm³/mol. The van der Waals surface area contributed by atoms with Crippen molar-refractivity contribution >= 4 is 17.7 Å². The zero-order chi connectivity index (χ0) is 15.2. The number of nitrogens with zero attached hydrogens (tertiary/aromatic N) is 1. The third-order valence-corrected chi connectivity index (χ3v) is 8.24. The molecule has 2 unspecified atom stereocenters. The number of carbonyl (C=O) groups is 1. The maximum atomic E-state index is 12.8. The molecule has 0 aromatic carbocycles. The lowest BCUT2D eigenvalue weighted by Gasteiger charge is -2.36. The fourth-order valence-electron chi connectivity index (χ4n) is 4.81. The van der Waals surface area contributed by atoms with Crippen LogP contribution in [-0.4, -0.2) is 32.3 Å². The summed E-state index contributed by atoms with van der Waals surface area (Å²) in [6.45, 7) is 0. The van der Waals surface area contributed by atoms with Gasteiger partial charge in [-0.05, 0) is 44.4 Å². The van der Waals surface area contributed by atoms with Gasteiger partial charge in [0.2, 0.25) is 5.91 Å². The Balaban J connectivity index is 1.59. The molecule has 3 saturated carbocycles. The summed E-state index contributed by atoms with van der Waals surface area (Å²) in [4.78, 5) is 14.8. The highest BCUT2D eigenvalue weighted by molar-refractivity contribution is 8.01. The molecule has 1 saturated heterocycles. The molecule has 1 spiro atoms. The van der Waals surface area contributed by atoms with E-state index in [1.165, 1.54) is 51.4 Å². The van der Waals surface area contributed by atoms with Crippen LogP contribution in [0.25, 0.3) is 0 Å². The Morgan fingerprint density at radius 1 is 0.955 bits per heavy atom. The third kappa shape index (κ3) is 2.60. The van der Waals surface area contributed by atoms with Gasteiger partial charge in [-0.2, -0.15) is 0 Å². The van der Waals surface area contributed by atoms with Crippen molar-refractivity contribution in [2.24, 2.45) is 11.8 Å². The molecule has 4 aliphatic rings. The molecular weight excluding hydrogens is 294 g/mol. The van der Waals surface area contributed by atoms with Crippen LogP contribution < -0.4 is 0 Å². The summed E-state index contributed by atoms with van der Waals surface area (Å²) < 4.78 is -0.0507. The molecule has 1 aliphatic heterocycles. The van der Waals surface area contributed by atoms with Gasteiger partial charge in [-0.1, -0.05) is 38.5 Å². The number of amides is 1. The zero-order valence-electron chi connectivity index (χ0n) is 13.5. The van der Waals surface area contributed by atoms with Crippen LogP contribution >= 0.6 is 11.8 Å². The van der Waals surface area contributed by atoms with Gasteiger partial charge in [-0.15, -0.1) is 11.8 Å². The smallest absolute Gasteiger partial charge is 0.228 e. The van der Waals surface area contributed by atoms with Crippen LogP contribution in [0.1, 0.15) is 77.0 Å². The van der Waals surface area contributed by atoms with E-state index in [9.17, 15) is 9.90 Å². The standard InChI is InChI=1S/C18H29NO2S/c20-15(13-9-10-13)19-16(14-7-3-1-4-8-14)22-18(17(19)21)11-5-2-6-12-18/h13-14,16-17,21H,1-12H2. The molecule has 124 valence electrons. The lowest BCUT2D eigenvalue weighted by atomic mass is 9.85. The SMILES string of the molecule is O=C(C1CC1)N1C(C2CCCCC2)SC2(CCCCC2)C1O. The maximum absolute atomic E-state index is 12.8. The van der Waals surface area contributed by atoms with Crippen LogP contribution in [0.5, 0.6) is 0 Å². The first kappa shape index (κ1) is 15.3. The number of carbonyl (C=O) groups excluding carboxylic acids is 1. The first-order chi connectivity index (χ1) is 10.7. The molecule has 2 atom stereocenters. The van der Waals surface area contributed by atoms with Crippen LogP contribution in [0.15, 0.2) is 0 Å². The molecule has 4 heteroatoms. The minimum Gasteiger partial charge on any atom is -0.372 e. The summed E-state index contributed by atoms with van der Waals surface area (Å²) in [6, 6.07) is 0. The van der Waals surface area contributed by atoms with Gasteiger partial charge in [-0.3, -0.25) is 4.79 Å². The number of hydrogen-bond acceptors (Lipinski definition) is 3. The van der Waals surface area contributed by atoms with Gasteiger partial charge in [0.1, 0.15) is 6.23 Å². The average molecular weight is 324 g/mol. The zero-order valence-corrected chi connectivity index (χ0v) is 14.3. The van der Waals surface area contributed by atoms with Gasteiger partial charge >= 0.3 is 0 Å². The normalized spacial score (nSPS) is 36.0. The highest BCUT2D eigenvalue weighted by Crippen LogP contribution is 2.56. The van der Waals surface area contributed by atoms with Crippen molar-refractivity contribution in [3.05, 3.63) is 0 Å². The summed E-state index contributed by atoms with van der Waals surface area (Å²) in [5, 5.41) is 11.3. The Morgan fingerprint density at radius 2 is 1.59 bits per heavy atom. The second-order valence-corrected chi connectivity index (χ2v) is 9.46. The molecule has 0 aromatic rings. The van der Waals surface area contributed by atoms with Crippen LogP contribution in [0.3, 0.4) is 0 Å². The number of hydrogen-bond donors (Lipinski definition) is 1. The fourth-order valence-corrected chi connectivity index (χ4v) is 6.84. The van der Waals surface area contributed by atoms with E-state index in [2.05, 4.69) is 0 Å². The topological polar surface area (TPSA) is 40.5 Å². The molecule has 4 fully saturated rings. The minimum atomic E-state index is -0.530. The Kier molecular flexibility index (Phi) is 4.18.